The average Bonchev–Trinajstić information content (AvgIpc) is 2.88. The first-order chi connectivity index (χ1) is 12.4. The van der Waals surface area contributed by atoms with Gasteiger partial charge in [0.05, 0.1) is 23.6 Å². The number of amides is 1. The number of carbonyl (C=O) groups excluding carboxylic acids is 2. The lowest BCUT2D eigenvalue weighted by Gasteiger charge is -2.13. The molecule has 1 aliphatic rings. The van der Waals surface area contributed by atoms with E-state index in [1.165, 1.54) is 23.8 Å². The Morgan fingerprint density at radius 1 is 1.42 bits per heavy atom. The van der Waals surface area contributed by atoms with E-state index >= 15 is 0 Å². The molecule has 0 atom stereocenters. The van der Waals surface area contributed by atoms with Gasteiger partial charge in [-0.05, 0) is 42.5 Å². The van der Waals surface area contributed by atoms with Crippen LogP contribution in [0.2, 0.25) is 5.02 Å². The SMILES string of the molecule is CCOC(=O)COc1c(Cl)cc(/C=C2/SC(=NC)N(C)C2=O)cc1OC. The first-order valence-corrected chi connectivity index (χ1v) is 8.91. The highest BCUT2D eigenvalue weighted by atomic mass is 35.5. The standard InChI is InChI=1S/C17H19ClN2O5S/c1-5-24-14(21)9-25-15-11(18)6-10(7-12(15)23-4)8-13-16(22)20(3)17(19-2)26-13/h6-8H,5,9H2,1-4H3/b13-8+,19-17?. The van der Waals surface area contributed by atoms with Gasteiger partial charge in [0.15, 0.2) is 23.3 Å². The quantitative estimate of drug-likeness (QED) is 0.541. The maximum absolute atomic E-state index is 12.2. The van der Waals surface area contributed by atoms with Crippen molar-refractivity contribution in [2.45, 2.75) is 6.92 Å². The molecule has 0 spiro atoms. The number of likely N-dealkylation sites (N-methyl/N-ethyl adjacent to an activating group) is 1. The van der Waals surface area contributed by atoms with E-state index in [0.717, 1.165) is 0 Å². The van der Waals surface area contributed by atoms with Crippen LogP contribution >= 0.6 is 23.4 Å². The van der Waals surface area contributed by atoms with Crippen molar-refractivity contribution in [3.63, 3.8) is 0 Å². The van der Waals surface area contributed by atoms with Gasteiger partial charge in [-0.15, -0.1) is 0 Å². The van der Waals surface area contributed by atoms with E-state index in [0.29, 0.717) is 21.4 Å². The van der Waals surface area contributed by atoms with Gasteiger partial charge in [0.1, 0.15) is 0 Å². The molecule has 9 heteroatoms. The third kappa shape index (κ3) is 4.50. The van der Waals surface area contributed by atoms with Gasteiger partial charge in [-0.2, -0.15) is 0 Å². The molecule has 0 bridgehead atoms. The Hall–Kier alpha value is -2.19. The van der Waals surface area contributed by atoms with Crippen molar-refractivity contribution >= 4 is 46.5 Å². The lowest BCUT2D eigenvalue weighted by atomic mass is 10.2. The van der Waals surface area contributed by atoms with Gasteiger partial charge in [0.25, 0.3) is 5.91 Å². The summed E-state index contributed by atoms with van der Waals surface area (Å²) in [4.78, 5) is 29.8. The van der Waals surface area contributed by atoms with Crippen molar-refractivity contribution in [1.29, 1.82) is 0 Å². The summed E-state index contributed by atoms with van der Waals surface area (Å²) >= 11 is 7.54. The third-order valence-corrected chi connectivity index (χ3v) is 4.82. The van der Waals surface area contributed by atoms with Crippen molar-refractivity contribution in [1.82, 2.24) is 4.90 Å². The van der Waals surface area contributed by atoms with Gasteiger partial charge in [-0.1, -0.05) is 11.6 Å². The van der Waals surface area contributed by atoms with E-state index in [4.69, 9.17) is 25.8 Å². The van der Waals surface area contributed by atoms with Crippen LogP contribution in [0.1, 0.15) is 12.5 Å². The maximum atomic E-state index is 12.2. The van der Waals surface area contributed by atoms with Crippen LogP contribution in [0.15, 0.2) is 22.0 Å². The number of ether oxygens (including phenoxy) is 3. The minimum absolute atomic E-state index is 0.145. The normalized spacial score (nSPS) is 17.1. The van der Waals surface area contributed by atoms with Gasteiger partial charge in [-0.25, -0.2) is 4.79 Å². The van der Waals surface area contributed by atoms with Crippen LogP contribution in [0, 0.1) is 0 Å². The second-order valence-electron chi connectivity index (χ2n) is 5.11. The molecule has 0 unspecified atom stereocenters. The van der Waals surface area contributed by atoms with Crippen molar-refractivity contribution in [2.24, 2.45) is 4.99 Å². The van der Waals surface area contributed by atoms with E-state index in [9.17, 15) is 9.59 Å². The van der Waals surface area contributed by atoms with E-state index in [1.807, 2.05) is 0 Å². The van der Waals surface area contributed by atoms with Gasteiger partial charge in [0, 0.05) is 14.1 Å². The van der Waals surface area contributed by atoms with Crippen LogP contribution in [0.25, 0.3) is 6.08 Å². The van der Waals surface area contributed by atoms with Crippen LogP contribution in [-0.2, 0) is 14.3 Å². The molecule has 0 saturated carbocycles. The summed E-state index contributed by atoms with van der Waals surface area (Å²) in [5, 5.41) is 0.877. The zero-order valence-corrected chi connectivity index (χ0v) is 16.4. The Balaban J connectivity index is 2.27. The number of halogens is 1. The second kappa shape index (κ2) is 8.95. The number of aliphatic imine (C=N–C) groups is 1. The van der Waals surface area contributed by atoms with Crippen LogP contribution < -0.4 is 9.47 Å². The lowest BCUT2D eigenvalue weighted by Crippen LogP contribution is -2.23. The Morgan fingerprint density at radius 3 is 2.73 bits per heavy atom. The second-order valence-corrected chi connectivity index (χ2v) is 6.53. The molecule has 7 nitrogen and oxygen atoms in total. The van der Waals surface area contributed by atoms with Crippen LogP contribution in [0.5, 0.6) is 11.5 Å². The van der Waals surface area contributed by atoms with Crippen molar-refractivity contribution < 1.29 is 23.8 Å². The molecular formula is C17H19ClN2O5S. The molecule has 0 aromatic heterocycles. The number of carbonyl (C=O) groups is 2. The van der Waals surface area contributed by atoms with E-state index in [-0.39, 0.29) is 29.9 Å². The fraction of sp³-hybridized carbons (Fsp3) is 0.353. The summed E-state index contributed by atoms with van der Waals surface area (Å²) in [7, 11) is 4.76. The minimum atomic E-state index is -0.501. The highest BCUT2D eigenvalue weighted by Gasteiger charge is 2.29. The fourth-order valence-corrected chi connectivity index (χ4v) is 3.40. The van der Waals surface area contributed by atoms with E-state index in [2.05, 4.69) is 4.99 Å². The first-order valence-electron chi connectivity index (χ1n) is 7.71. The Bertz CT molecular complexity index is 779. The summed E-state index contributed by atoms with van der Waals surface area (Å²) in [5.74, 6) is -0.0583. The number of thioether (sulfide) groups is 1. The monoisotopic (exact) mass is 398 g/mol. The number of hydrogen-bond donors (Lipinski definition) is 0. The summed E-state index contributed by atoms with van der Waals surface area (Å²) in [6.07, 6.45) is 1.70. The largest absolute Gasteiger partial charge is 0.493 e. The summed E-state index contributed by atoms with van der Waals surface area (Å²) < 4.78 is 15.5. The van der Waals surface area contributed by atoms with Crippen molar-refractivity contribution in [3.05, 3.63) is 27.6 Å². The number of benzene rings is 1. The molecule has 0 aliphatic carbocycles. The molecule has 2 rings (SSSR count). The van der Waals surface area contributed by atoms with Gasteiger partial charge in [0.2, 0.25) is 0 Å². The number of esters is 1. The van der Waals surface area contributed by atoms with E-state index < -0.39 is 5.97 Å². The van der Waals surface area contributed by atoms with Crippen LogP contribution in [-0.4, -0.2) is 56.4 Å². The first kappa shape index (κ1) is 20.1. The number of amidine groups is 1. The van der Waals surface area contributed by atoms with E-state index in [1.54, 1.807) is 39.2 Å². The molecule has 1 aromatic carbocycles. The Labute approximate surface area is 160 Å². The predicted octanol–water partition coefficient (Wildman–Crippen LogP) is 2.82. The lowest BCUT2D eigenvalue weighted by molar-refractivity contribution is -0.145. The van der Waals surface area contributed by atoms with Gasteiger partial charge in [-0.3, -0.25) is 14.7 Å². The fourth-order valence-electron chi connectivity index (χ4n) is 2.20. The van der Waals surface area contributed by atoms with Crippen molar-refractivity contribution in [3.8, 4) is 11.5 Å². The van der Waals surface area contributed by atoms with Gasteiger partial charge >= 0.3 is 5.97 Å². The molecule has 1 saturated heterocycles. The van der Waals surface area contributed by atoms with Gasteiger partial charge < -0.3 is 14.2 Å². The topological polar surface area (TPSA) is 77.4 Å². The molecule has 1 fully saturated rings. The maximum Gasteiger partial charge on any atom is 0.344 e. The smallest absolute Gasteiger partial charge is 0.344 e. The highest BCUT2D eigenvalue weighted by molar-refractivity contribution is 8.18. The molecule has 1 heterocycles. The summed E-state index contributed by atoms with van der Waals surface area (Å²) in [5.41, 5.74) is 0.664. The van der Waals surface area contributed by atoms with Crippen LogP contribution in [0.4, 0.5) is 0 Å². The summed E-state index contributed by atoms with van der Waals surface area (Å²) in [6, 6.07) is 3.31. The Kier molecular flexibility index (Phi) is 6.93. The van der Waals surface area contributed by atoms with Crippen LogP contribution in [0.3, 0.4) is 0 Å². The number of hydrogen-bond acceptors (Lipinski definition) is 7. The number of methoxy groups -OCH3 is 1. The molecule has 26 heavy (non-hydrogen) atoms. The molecule has 1 aliphatic heterocycles. The molecule has 1 aromatic rings. The van der Waals surface area contributed by atoms with Crippen molar-refractivity contribution in [2.75, 3.05) is 34.4 Å². The third-order valence-electron chi connectivity index (χ3n) is 3.38. The number of nitrogens with zero attached hydrogens (tertiary/aromatic N) is 2. The summed E-state index contributed by atoms with van der Waals surface area (Å²) in [6.45, 7) is 1.70. The minimum Gasteiger partial charge on any atom is -0.493 e. The molecule has 1 amide bonds. The zero-order chi connectivity index (χ0) is 19.3. The molecule has 140 valence electrons. The predicted molar refractivity (Wildman–Crippen MR) is 102 cm³/mol. The Morgan fingerprint density at radius 2 is 2.15 bits per heavy atom. The average molecular weight is 399 g/mol. The molecule has 0 radical (unpaired) electrons. The highest BCUT2D eigenvalue weighted by Crippen LogP contribution is 2.38. The molecular weight excluding hydrogens is 380 g/mol. The molecule has 0 N–H and O–H groups in total. The zero-order valence-electron chi connectivity index (χ0n) is 14.9. The number of rotatable bonds is 6.